The summed E-state index contributed by atoms with van der Waals surface area (Å²) in [5.74, 6) is 2.62. The first-order valence-corrected chi connectivity index (χ1v) is 8.63. The molecule has 0 atom stereocenters. The van der Waals surface area contributed by atoms with Gasteiger partial charge in [-0.3, -0.25) is 4.79 Å². The molecule has 7 heteroatoms. The number of hydrogen-bond acceptors (Lipinski definition) is 6. The second-order valence-electron chi connectivity index (χ2n) is 6.15. The highest BCUT2D eigenvalue weighted by molar-refractivity contribution is 5.94. The molecule has 0 aromatic carbocycles. The first-order valence-electron chi connectivity index (χ1n) is 8.63. The average Bonchev–Trinajstić information content (AvgIpc) is 2.61. The van der Waals surface area contributed by atoms with Gasteiger partial charge < -0.3 is 15.1 Å². The van der Waals surface area contributed by atoms with Gasteiger partial charge in [-0.2, -0.15) is 0 Å². The fourth-order valence-corrected chi connectivity index (χ4v) is 2.99. The lowest BCUT2D eigenvalue weighted by Gasteiger charge is -2.36. The zero-order chi connectivity index (χ0) is 17.8. The Morgan fingerprint density at radius 3 is 2.32 bits per heavy atom. The van der Waals surface area contributed by atoms with E-state index in [1.807, 2.05) is 39.0 Å². The molecule has 1 saturated heterocycles. The minimum Gasteiger partial charge on any atom is -0.353 e. The van der Waals surface area contributed by atoms with E-state index in [0.717, 1.165) is 49.3 Å². The third kappa shape index (κ3) is 4.04. The molecule has 0 spiro atoms. The Morgan fingerprint density at radius 2 is 1.76 bits per heavy atom. The molecule has 1 N–H and O–H groups in total. The number of amides is 1. The summed E-state index contributed by atoms with van der Waals surface area (Å²) >= 11 is 0. The molecule has 3 heterocycles. The van der Waals surface area contributed by atoms with E-state index in [0.29, 0.717) is 12.1 Å². The predicted molar refractivity (Wildman–Crippen MR) is 98.2 cm³/mol. The van der Waals surface area contributed by atoms with E-state index < -0.39 is 0 Å². The lowest BCUT2D eigenvalue weighted by Crippen LogP contribution is -2.47. The van der Waals surface area contributed by atoms with Gasteiger partial charge in [0.1, 0.15) is 17.5 Å². The van der Waals surface area contributed by atoms with Crippen LogP contribution in [-0.4, -0.2) is 53.6 Å². The van der Waals surface area contributed by atoms with Crippen molar-refractivity contribution in [2.24, 2.45) is 0 Å². The lowest BCUT2D eigenvalue weighted by molar-refractivity contribution is 0.0955. The Balaban J connectivity index is 1.63. The molecule has 7 nitrogen and oxygen atoms in total. The first-order chi connectivity index (χ1) is 12.1. The van der Waals surface area contributed by atoms with Crippen molar-refractivity contribution in [3.05, 3.63) is 41.5 Å². The van der Waals surface area contributed by atoms with Crippen LogP contribution in [0.3, 0.4) is 0 Å². The predicted octanol–water partition coefficient (Wildman–Crippen LogP) is 1.56. The zero-order valence-electron chi connectivity index (χ0n) is 15.0. The minimum atomic E-state index is -0.0825. The largest absolute Gasteiger partial charge is 0.353 e. The molecule has 1 amide bonds. The molecule has 0 saturated carbocycles. The van der Waals surface area contributed by atoms with Crippen LogP contribution in [0, 0.1) is 13.8 Å². The number of aromatic nitrogens is 3. The van der Waals surface area contributed by atoms with Gasteiger partial charge >= 0.3 is 0 Å². The molecule has 1 aliphatic heterocycles. The molecular weight excluding hydrogens is 316 g/mol. The number of pyridine rings is 1. The average molecular weight is 340 g/mol. The number of anilines is 2. The van der Waals surface area contributed by atoms with Crippen molar-refractivity contribution in [1.29, 1.82) is 0 Å². The summed E-state index contributed by atoms with van der Waals surface area (Å²) in [6.45, 7) is 9.95. The molecule has 3 rings (SSSR count). The summed E-state index contributed by atoms with van der Waals surface area (Å²) in [6.07, 6.45) is 1.64. The summed E-state index contributed by atoms with van der Waals surface area (Å²) in [5.41, 5.74) is 1.59. The second-order valence-corrected chi connectivity index (χ2v) is 6.15. The number of nitrogens with one attached hydrogen (secondary N) is 1. The van der Waals surface area contributed by atoms with Crippen molar-refractivity contribution >= 4 is 17.5 Å². The molecule has 0 unspecified atom stereocenters. The van der Waals surface area contributed by atoms with Gasteiger partial charge in [0.15, 0.2) is 0 Å². The standard InChI is InChI=1S/C18H24N6O/c1-4-19-18(25)15-5-6-16(20-12-15)23-7-9-24(10-8-23)17-11-13(2)21-14(3)22-17/h5-6,11-12H,4,7-10H2,1-3H3,(H,19,25). The summed E-state index contributed by atoms with van der Waals surface area (Å²) in [6, 6.07) is 5.78. The molecule has 0 aliphatic carbocycles. The topological polar surface area (TPSA) is 74.2 Å². The Bertz CT molecular complexity index is 717. The Labute approximate surface area is 148 Å². The van der Waals surface area contributed by atoms with E-state index in [9.17, 15) is 4.79 Å². The van der Waals surface area contributed by atoms with E-state index >= 15 is 0 Å². The van der Waals surface area contributed by atoms with Crippen molar-refractivity contribution in [2.75, 3.05) is 42.5 Å². The SMILES string of the molecule is CCNC(=O)c1ccc(N2CCN(c3cc(C)nc(C)n3)CC2)nc1. The van der Waals surface area contributed by atoms with Crippen LogP contribution in [0.15, 0.2) is 24.4 Å². The van der Waals surface area contributed by atoms with Gasteiger partial charge in [0.2, 0.25) is 0 Å². The van der Waals surface area contributed by atoms with E-state index in [-0.39, 0.29) is 5.91 Å². The maximum atomic E-state index is 11.8. The van der Waals surface area contributed by atoms with Crippen LogP contribution in [0.4, 0.5) is 11.6 Å². The Morgan fingerprint density at radius 1 is 1.08 bits per heavy atom. The third-order valence-corrected chi connectivity index (χ3v) is 4.23. The van der Waals surface area contributed by atoms with Crippen LogP contribution in [0.5, 0.6) is 0 Å². The number of rotatable bonds is 4. The van der Waals surface area contributed by atoms with Crippen LogP contribution >= 0.6 is 0 Å². The van der Waals surface area contributed by atoms with Crippen molar-refractivity contribution in [3.8, 4) is 0 Å². The highest BCUT2D eigenvalue weighted by Gasteiger charge is 2.20. The van der Waals surface area contributed by atoms with E-state index in [4.69, 9.17) is 0 Å². The normalized spacial score (nSPS) is 14.5. The molecule has 0 radical (unpaired) electrons. The number of aryl methyl sites for hydroxylation is 2. The van der Waals surface area contributed by atoms with Crippen molar-refractivity contribution in [2.45, 2.75) is 20.8 Å². The smallest absolute Gasteiger partial charge is 0.252 e. The fraction of sp³-hybridized carbons (Fsp3) is 0.444. The van der Waals surface area contributed by atoms with E-state index in [1.54, 1.807) is 6.20 Å². The summed E-state index contributed by atoms with van der Waals surface area (Å²) < 4.78 is 0. The molecule has 2 aromatic rings. The van der Waals surface area contributed by atoms with Crippen molar-refractivity contribution in [3.63, 3.8) is 0 Å². The summed E-state index contributed by atoms with van der Waals surface area (Å²) in [5, 5.41) is 2.78. The van der Waals surface area contributed by atoms with Crippen LogP contribution in [0.2, 0.25) is 0 Å². The molecule has 1 fully saturated rings. The first kappa shape index (κ1) is 17.1. The molecule has 1 aliphatic rings. The molecule has 2 aromatic heterocycles. The van der Waals surface area contributed by atoms with Crippen LogP contribution in [0.1, 0.15) is 28.8 Å². The minimum absolute atomic E-state index is 0.0825. The summed E-state index contributed by atoms with van der Waals surface area (Å²) in [4.78, 5) is 29.6. The maximum absolute atomic E-state index is 11.8. The van der Waals surface area contributed by atoms with Gasteiger partial charge in [0.05, 0.1) is 5.56 Å². The van der Waals surface area contributed by atoms with Gasteiger partial charge in [0, 0.05) is 50.7 Å². The summed E-state index contributed by atoms with van der Waals surface area (Å²) in [7, 11) is 0. The monoisotopic (exact) mass is 340 g/mol. The highest BCUT2D eigenvalue weighted by Crippen LogP contribution is 2.18. The number of nitrogens with zero attached hydrogens (tertiary/aromatic N) is 5. The van der Waals surface area contributed by atoms with E-state index in [1.165, 1.54) is 0 Å². The second kappa shape index (κ2) is 7.46. The third-order valence-electron chi connectivity index (χ3n) is 4.23. The molecular formula is C18H24N6O. The molecule has 25 heavy (non-hydrogen) atoms. The van der Waals surface area contributed by atoms with Gasteiger partial charge in [-0.1, -0.05) is 0 Å². The Kier molecular flexibility index (Phi) is 5.11. The van der Waals surface area contributed by atoms with Crippen LogP contribution in [-0.2, 0) is 0 Å². The van der Waals surface area contributed by atoms with Gasteiger partial charge in [-0.15, -0.1) is 0 Å². The maximum Gasteiger partial charge on any atom is 0.252 e. The molecule has 0 bridgehead atoms. The van der Waals surface area contributed by atoms with Crippen LogP contribution < -0.4 is 15.1 Å². The van der Waals surface area contributed by atoms with Gasteiger partial charge in [-0.05, 0) is 32.9 Å². The molecule has 132 valence electrons. The quantitative estimate of drug-likeness (QED) is 0.911. The number of carbonyl (C=O) groups excluding carboxylic acids is 1. The van der Waals surface area contributed by atoms with Crippen LogP contribution in [0.25, 0.3) is 0 Å². The fourth-order valence-electron chi connectivity index (χ4n) is 2.99. The van der Waals surface area contributed by atoms with Crippen molar-refractivity contribution in [1.82, 2.24) is 20.3 Å². The lowest BCUT2D eigenvalue weighted by atomic mass is 10.2. The Hall–Kier alpha value is -2.70. The number of carbonyl (C=O) groups is 1. The zero-order valence-corrected chi connectivity index (χ0v) is 15.0. The van der Waals surface area contributed by atoms with Gasteiger partial charge in [-0.25, -0.2) is 15.0 Å². The highest BCUT2D eigenvalue weighted by atomic mass is 16.1. The number of hydrogen-bond donors (Lipinski definition) is 1. The van der Waals surface area contributed by atoms with E-state index in [2.05, 4.69) is 30.1 Å². The van der Waals surface area contributed by atoms with Gasteiger partial charge in [0.25, 0.3) is 5.91 Å². The van der Waals surface area contributed by atoms with Crippen molar-refractivity contribution < 1.29 is 4.79 Å². The number of piperazine rings is 1.